The molecule has 0 saturated carbocycles. The molecule has 2 aliphatic rings. The number of carbonyl (C=O) groups is 1. The molecule has 10 nitrogen and oxygen atoms in total. The molecular weight excluding hydrogens is 493 g/mol. The van der Waals surface area contributed by atoms with E-state index in [2.05, 4.69) is 17.2 Å². The Balaban J connectivity index is 1.91. The molecule has 1 saturated heterocycles. The minimum Gasteiger partial charge on any atom is -0.327 e. The fraction of sp³-hybridized carbons (Fsp3) is 0.458. The van der Waals surface area contributed by atoms with Crippen molar-refractivity contribution in [1.29, 1.82) is 0 Å². The molecule has 0 spiro atoms. The van der Waals surface area contributed by atoms with Crippen molar-refractivity contribution in [3.8, 4) is 11.8 Å². The monoisotopic (exact) mass is 520 g/mol. The number of alkyl halides is 3. The molecule has 1 N–H and O–H groups in total. The van der Waals surface area contributed by atoms with Crippen molar-refractivity contribution in [2.75, 3.05) is 42.7 Å². The van der Waals surface area contributed by atoms with Crippen LogP contribution in [0.3, 0.4) is 0 Å². The van der Waals surface area contributed by atoms with Crippen LogP contribution in [0, 0.1) is 11.8 Å². The maximum atomic E-state index is 13.4. The first kappa shape index (κ1) is 26.3. The Kier molecular flexibility index (Phi) is 7.60. The normalized spacial score (nSPS) is 17.8. The van der Waals surface area contributed by atoms with Crippen molar-refractivity contribution in [3.63, 3.8) is 0 Å². The Bertz CT molecular complexity index is 1320. The Morgan fingerprint density at radius 3 is 2.46 bits per heavy atom. The van der Waals surface area contributed by atoms with Gasteiger partial charge in [-0.1, -0.05) is 36.3 Å². The highest BCUT2D eigenvalue weighted by molar-refractivity contribution is 5.80. The number of nitrogens with one attached hydrogen (secondary N) is 1. The molecule has 4 rings (SSSR count). The zero-order valence-corrected chi connectivity index (χ0v) is 20.4. The number of halogens is 3. The first-order chi connectivity index (χ1) is 17.6. The van der Waals surface area contributed by atoms with E-state index < -0.39 is 29.7 Å². The van der Waals surface area contributed by atoms with Crippen LogP contribution in [0.2, 0.25) is 0 Å². The molecule has 2 aliphatic heterocycles. The Hall–Kier alpha value is -3.76. The van der Waals surface area contributed by atoms with Gasteiger partial charge in [0.1, 0.15) is 0 Å². The second kappa shape index (κ2) is 10.7. The number of rotatable bonds is 6. The molecule has 0 amide bonds. The Morgan fingerprint density at radius 1 is 1.16 bits per heavy atom. The number of hydrogen-bond acceptors (Lipinski definition) is 8. The van der Waals surface area contributed by atoms with Gasteiger partial charge in [0.15, 0.2) is 17.8 Å². The smallest absolute Gasteiger partial charge is 0.327 e. The summed E-state index contributed by atoms with van der Waals surface area (Å²) in [5.74, 6) is 2.92. The third-order valence-electron chi connectivity index (χ3n) is 6.26. The van der Waals surface area contributed by atoms with E-state index in [1.807, 2.05) is 30.3 Å². The van der Waals surface area contributed by atoms with Gasteiger partial charge < -0.3 is 15.1 Å². The summed E-state index contributed by atoms with van der Waals surface area (Å²) in [5.41, 5.74) is -0.646. The lowest BCUT2D eigenvalue weighted by atomic mass is 10.1. The second-order valence-electron chi connectivity index (χ2n) is 8.60. The largest absolute Gasteiger partial charge is 0.493 e. The van der Waals surface area contributed by atoms with Crippen molar-refractivity contribution < 1.29 is 22.8 Å². The van der Waals surface area contributed by atoms with E-state index in [0.717, 1.165) is 15.2 Å². The van der Waals surface area contributed by atoms with Gasteiger partial charge in [0.05, 0.1) is 6.54 Å². The van der Waals surface area contributed by atoms with Crippen LogP contribution in [-0.4, -0.2) is 65.2 Å². The molecule has 0 aliphatic carbocycles. The van der Waals surface area contributed by atoms with E-state index in [4.69, 9.17) is 4.84 Å². The lowest BCUT2D eigenvalue weighted by Gasteiger charge is -2.40. The van der Waals surface area contributed by atoms with Gasteiger partial charge in [0.2, 0.25) is 0 Å². The van der Waals surface area contributed by atoms with Crippen LogP contribution in [0.4, 0.5) is 24.7 Å². The number of carbonyl (C=O) groups excluding carboxylic acids is 1. The topological polar surface area (TPSA) is 92.0 Å². The third kappa shape index (κ3) is 5.21. The molecule has 1 aromatic heterocycles. The number of benzene rings is 1. The van der Waals surface area contributed by atoms with Crippen molar-refractivity contribution in [2.45, 2.75) is 32.4 Å². The van der Waals surface area contributed by atoms with Gasteiger partial charge in [0.25, 0.3) is 5.56 Å². The van der Waals surface area contributed by atoms with Crippen molar-refractivity contribution in [3.05, 3.63) is 56.7 Å². The predicted molar refractivity (Wildman–Crippen MR) is 130 cm³/mol. The van der Waals surface area contributed by atoms with Gasteiger partial charge in [-0.05, 0) is 18.9 Å². The molecule has 1 aromatic carbocycles. The predicted octanol–water partition coefficient (Wildman–Crippen LogP) is 0.649. The maximum absolute atomic E-state index is 13.4. The van der Waals surface area contributed by atoms with Crippen LogP contribution in [0.15, 0.2) is 39.9 Å². The number of fused-ring (bicyclic) bond motifs is 1. The first-order valence-corrected chi connectivity index (χ1v) is 11.7. The van der Waals surface area contributed by atoms with E-state index in [0.29, 0.717) is 32.6 Å². The molecule has 1 unspecified atom stereocenters. The summed E-state index contributed by atoms with van der Waals surface area (Å²) < 4.78 is 42.1. The molecule has 1 fully saturated rings. The van der Waals surface area contributed by atoms with E-state index in [9.17, 15) is 27.6 Å². The molecule has 1 atom stereocenters. The second-order valence-corrected chi connectivity index (χ2v) is 8.60. The zero-order valence-electron chi connectivity index (χ0n) is 20.4. The quantitative estimate of drug-likeness (QED) is 0.556. The lowest BCUT2D eigenvalue weighted by Crippen LogP contribution is -2.61. The SMILES string of the molecule is CC#CCN1c2c(n(CCc3ccccc3)c(=O)n(C)c2=O)N(OC(=O)C(F)(F)F)C1N1CCNCC1. The van der Waals surface area contributed by atoms with E-state index in [-0.39, 0.29) is 24.6 Å². The van der Waals surface area contributed by atoms with Crippen molar-refractivity contribution in [1.82, 2.24) is 19.4 Å². The minimum absolute atomic E-state index is 0.0287. The van der Waals surface area contributed by atoms with E-state index in [1.165, 1.54) is 16.5 Å². The van der Waals surface area contributed by atoms with Crippen LogP contribution in [0.25, 0.3) is 0 Å². The fourth-order valence-corrected chi connectivity index (χ4v) is 4.47. The molecule has 37 heavy (non-hydrogen) atoms. The fourth-order valence-electron chi connectivity index (χ4n) is 4.47. The molecule has 3 heterocycles. The van der Waals surface area contributed by atoms with Crippen molar-refractivity contribution >= 4 is 17.5 Å². The zero-order chi connectivity index (χ0) is 26.7. The third-order valence-corrected chi connectivity index (χ3v) is 6.26. The molecular formula is C24H27F3N6O4. The van der Waals surface area contributed by atoms with Gasteiger partial charge in [-0.25, -0.2) is 9.59 Å². The van der Waals surface area contributed by atoms with Crippen LogP contribution < -0.4 is 26.5 Å². The van der Waals surface area contributed by atoms with Crippen LogP contribution in [0.5, 0.6) is 0 Å². The number of hydroxylamine groups is 1. The summed E-state index contributed by atoms with van der Waals surface area (Å²) in [5, 5.41) is 3.91. The van der Waals surface area contributed by atoms with Gasteiger partial charge in [-0.2, -0.15) is 13.2 Å². The summed E-state index contributed by atoms with van der Waals surface area (Å²) in [6.45, 7) is 3.43. The summed E-state index contributed by atoms with van der Waals surface area (Å²) in [7, 11) is 1.30. The molecule has 0 bridgehead atoms. The highest BCUT2D eigenvalue weighted by Gasteiger charge is 2.50. The number of piperazine rings is 1. The Morgan fingerprint density at radius 2 is 1.84 bits per heavy atom. The molecule has 13 heteroatoms. The average Bonchev–Trinajstić information content (AvgIpc) is 3.20. The van der Waals surface area contributed by atoms with Gasteiger partial charge in [0, 0.05) is 39.8 Å². The maximum Gasteiger partial charge on any atom is 0.493 e. The Labute approximate surface area is 210 Å². The van der Waals surface area contributed by atoms with E-state index >= 15 is 0 Å². The first-order valence-electron chi connectivity index (χ1n) is 11.7. The number of nitrogens with zero attached hydrogens (tertiary/aromatic N) is 5. The highest BCUT2D eigenvalue weighted by Crippen LogP contribution is 2.38. The van der Waals surface area contributed by atoms with Crippen LogP contribution in [-0.2, 0) is 29.6 Å². The average molecular weight is 521 g/mol. The standard InChI is InChI=1S/C24H27F3N6O4/c1-3-4-13-31-18-19(32(23(36)29(2)20(18)34)14-10-17-8-6-5-7-9-17)33(37-21(35)24(25,26)27)22(31)30-15-11-28-12-16-30/h5-9,22,28H,10-16H2,1-2H3. The molecule has 198 valence electrons. The number of aromatic nitrogens is 2. The van der Waals surface area contributed by atoms with Crippen LogP contribution in [0.1, 0.15) is 12.5 Å². The van der Waals surface area contributed by atoms with Gasteiger partial charge in [-0.15, -0.1) is 11.0 Å². The van der Waals surface area contributed by atoms with Gasteiger partial charge in [-0.3, -0.25) is 18.8 Å². The number of aryl methyl sites for hydroxylation is 1. The number of anilines is 2. The van der Waals surface area contributed by atoms with Gasteiger partial charge >= 0.3 is 17.8 Å². The number of hydrogen-bond donors (Lipinski definition) is 1. The van der Waals surface area contributed by atoms with E-state index in [1.54, 1.807) is 11.8 Å². The summed E-state index contributed by atoms with van der Waals surface area (Å²) in [4.78, 5) is 46.9. The lowest BCUT2D eigenvalue weighted by molar-refractivity contribution is -0.203. The van der Waals surface area contributed by atoms with Crippen molar-refractivity contribution in [2.24, 2.45) is 7.05 Å². The molecule has 0 radical (unpaired) electrons. The summed E-state index contributed by atoms with van der Waals surface area (Å²) >= 11 is 0. The minimum atomic E-state index is -5.29. The van der Waals surface area contributed by atoms with Crippen LogP contribution >= 0.6 is 0 Å². The highest BCUT2D eigenvalue weighted by atomic mass is 19.4. The molecule has 2 aromatic rings. The summed E-state index contributed by atoms with van der Waals surface area (Å²) in [6.07, 6.45) is -6.05. The summed E-state index contributed by atoms with van der Waals surface area (Å²) in [6, 6.07) is 9.18.